The topological polar surface area (TPSA) is 35.2 Å². The lowest BCUT2D eigenvalue weighted by atomic mass is 9.96. The second-order valence-corrected chi connectivity index (χ2v) is 8.22. The molecule has 1 aliphatic carbocycles. The third-order valence-corrected chi connectivity index (χ3v) is 6.67. The minimum atomic E-state index is 1.07. The van der Waals surface area contributed by atoms with Crippen LogP contribution in [0.15, 0.2) is 41.8 Å². The number of thiophene rings is 1. The van der Waals surface area contributed by atoms with Gasteiger partial charge in [0.25, 0.3) is 0 Å². The molecule has 134 valence electrons. The van der Waals surface area contributed by atoms with Crippen LogP contribution in [0, 0.1) is 0 Å². The molecule has 1 aliphatic heterocycles. The first-order chi connectivity index (χ1) is 12.9. The zero-order valence-corrected chi connectivity index (χ0v) is 15.8. The summed E-state index contributed by atoms with van der Waals surface area (Å²) in [6.45, 7) is 5.54. The predicted molar refractivity (Wildman–Crippen MR) is 108 cm³/mol. The molecule has 5 rings (SSSR count). The van der Waals surface area contributed by atoms with E-state index in [9.17, 15) is 0 Å². The van der Waals surface area contributed by atoms with E-state index in [1.165, 1.54) is 33.1 Å². The summed E-state index contributed by atoms with van der Waals surface area (Å²) in [7, 11) is 0. The van der Waals surface area contributed by atoms with E-state index in [2.05, 4.69) is 56.7 Å². The van der Waals surface area contributed by atoms with Crippen LogP contribution in [0.3, 0.4) is 0 Å². The smallest absolute Gasteiger partial charge is 0.154 e. The van der Waals surface area contributed by atoms with Gasteiger partial charge in [0.1, 0.15) is 0 Å². The average Bonchev–Trinajstić information content (AvgIpc) is 3.34. The second kappa shape index (κ2) is 6.89. The monoisotopic (exact) mass is 364 g/mol. The van der Waals surface area contributed by atoms with Crippen LogP contribution in [-0.2, 0) is 19.3 Å². The minimum Gasteiger partial charge on any atom is -0.352 e. The van der Waals surface area contributed by atoms with Crippen LogP contribution in [-0.4, -0.2) is 47.8 Å². The molecule has 3 heterocycles. The summed E-state index contributed by atoms with van der Waals surface area (Å²) in [4.78, 5) is 6.56. The Bertz CT molecular complexity index is 875. The predicted octanol–water partition coefficient (Wildman–Crippen LogP) is 3.60. The van der Waals surface area contributed by atoms with Crippen molar-refractivity contribution in [2.75, 3.05) is 37.6 Å². The van der Waals surface area contributed by atoms with Crippen molar-refractivity contribution < 1.29 is 0 Å². The highest BCUT2D eigenvalue weighted by molar-refractivity contribution is 7.10. The zero-order valence-electron chi connectivity index (χ0n) is 14.9. The first kappa shape index (κ1) is 16.1. The molecule has 1 fully saturated rings. The summed E-state index contributed by atoms with van der Waals surface area (Å²) in [6, 6.07) is 13.0. The Morgan fingerprint density at radius 1 is 1.00 bits per heavy atom. The molecule has 1 aromatic carbocycles. The summed E-state index contributed by atoms with van der Waals surface area (Å²) in [5.74, 6) is 1.19. The fraction of sp³-hybridized carbons (Fsp3) is 0.381. The van der Waals surface area contributed by atoms with Crippen molar-refractivity contribution in [3.8, 4) is 11.3 Å². The molecule has 2 aromatic heterocycles. The Labute approximate surface area is 158 Å². The molecule has 26 heavy (non-hydrogen) atoms. The summed E-state index contributed by atoms with van der Waals surface area (Å²) < 4.78 is 0. The van der Waals surface area contributed by atoms with Gasteiger partial charge in [0.2, 0.25) is 0 Å². The average molecular weight is 365 g/mol. The van der Waals surface area contributed by atoms with Crippen LogP contribution in [0.4, 0.5) is 5.82 Å². The van der Waals surface area contributed by atoms with Crippen LogP contribution >= 0.6 is 11.3 Å². The number of aryl methyl sites for hydroxylation is 1. The van der Waals surface area contributed by atoms with Crippen LogP contribution in [0.1, 0.15) is 16.0 Å². The van der Waals surface area contributed by atoms with Gasteiger partial charge < -0.3 is 4.90 Å². The Morgan fingerprint density at radius 3 is 2.69 bits per heavy atom. The normalized spacial score (nSPS) is 17.2. The van der Waals surface area contributed by atoms with E-state index in [0.29, 0.717) is 0 Å². The van der Waals surface area contributed by atoms with E-state index in [-0.39, 0.29) is 0 Å². The van der Waals surface area contributed by atoms with E-state index in [1.807, 2.05) is 11.3 Å². The second-order valence-electron chi connectivity index (χ2n) is 7.22. The van der Waals surface area contributed by atoms with Crippen LogP contribution in [0.25, 0.3) is 11.3 Å². The van der Waals surface area contributed by atoms with E-state index < -0.39 is 0 Å². The lowest BCUT2D eigenvalue weighted by molar-refractivity contribution is 0.260. The number of aromatic nitrogens is 2. The molecule has 5 heteroatoms. The Morgan fingerprint density at radius 2 is 1.85 bits per heavy atom. The first-order valence-electron chi connectivity index (χ1n) is 9.54. The Hall–Kier alpha value is -2.11. The largest absolute Gasteiger partial charge is 0.352 e. The van der Waals surface area contributed by atoms with Gasteiger partial charge in [-0.1, -0.05) is 30.3 Å². The molecule has 0 unspecified atom stereocenters. The fourth-order valence-corrected chi connectivity index (χ4v) is 5.07. The van der Waals surface area contributed by atoms with E-state index >= 15 is 0 Å². The van der Waals surface area contributed by atoms with Crippen molar-refractivity contribution in [2.24, 2.45) is 0 Å². The van der Waals surface area contributed by atoms with E-state index in [0.717, 1.165) is 52.0 Å². The third-order valence-electron chi connectivity index (χ3n) is 5.69. The highest BCUT2D eigenvalue weighted by Gasteiger charge is 2.27. The number of aromatic amines is 1. The number of fused-ring (bicyclic) bond motifs is 3. The lowest BCUT2D eigenvalue weighted by Gasteiger charge is -2.35. The summed E-state index contributed by atoms with van der Waals surface area (Å²) in [6.07, 6.45) is 3.41. The molecule has 0 radical (unpaired) electrons. The van der Waals surface area contributed by atoms with Gasteiger partial charge in [-0.05, 0) is 36.3 Å². The number of anilines is 1. The number of hydrogen-bond acceptors (Lipinski definition) is 4. The molecular formula is C21H24N4S. The van der Waals surface area contributed by atoms with Crippen LogP contribution < -0.4 is 4.90 Å². The lowest BCUT2D eigenvalue weighted by Crippen LogP contribution is -2.47. The van der Waals surface area contributed by atoms with Crippen molar-refractivity contribution in [1.29, 1.82) is 0 Å². The maximum absolute atomic E-state index is 4.71. The van der Waals surface area contributed by atoms with Crippen LogP contribution in [0.5, 0.6) is 0 Å². The molecule has 4 nitrogen and oxygen atoms in total. The zero-order chi connectivity index (χ0) is 17.3. The fourth-order valence-electron chi connectivity index (χ4n) is 4.19. The highest BCUT2D eigenvalue weighted by atomic mass is 32.1. The van der Waals surface area contributed by atoms with Gasteiger partial charge in [-0.3, -0.25) is 10.00 Å². The number of H-pyrrole nitrogens is 1. The quantitative estimate of drug-likeness (QED) is 0.768. The summed E-state index contributed by atoms with van der Waals surface area (Å²) in [5, 5.41) is 10.2. The number of piperazine rings is 1. The van der Waals surface area contributed by atoms with Crippen LogP contribution in [0.2, 0.25) is 0 Å². The van der Waals surface area contributed by atoms with Gasteiger partial charge in [-0.25, -0.2) is 0 Å². The minimum absolute atomic E-state index is 1.07. The van der Waals surface area contributed by atoms with Crippen molar-refractivity contribution in [1.82, 2.24) is 15.1 Å². The number of benzene rings is 1. The van der Waals surface area contributed by atoms with Crippen molar-refractivity contribution in [3.63, 3.8) is 0 Å². The van der Waals surface area contributed by atoms with Gasteiger partial charge in [0, 0.05) is 48.7 Å². The van der Waals surface area contributed by atoms with E-state index in [1.54, 1.807) is 0 Å². The molecular weight excluding hydrogens is 340 g/mol. The molecule has 1 N–H and O–H groups in total. The summed E-state index contributed by atoms with van der Waals surface area (Å²) >= 11 is 1.87. The summed E-state index contributed by atoms with van der Waals surface area (Å²) in [5.41, 5.74) is 5.49. The first-order valence-corrected chi connectivity index (χ1v) is 10.4. The molecule has 3 aromatic rings. The molecule has 0 saturated carbocycles. The Kier molecular flexibility index (Phi) is 4.27. The molecule has 1 saturated heterocycles. The number of rotatable bonds is 4. The van der Waals surface area contributed by atoms with Crippen molar-refractivity contribution >= 4 is 17.2 Å². The van der Waals surface area contributed by atoms with Gasteiger partial charge in [0.05, 0.1) is 5.69 Å². The molecule has 0 bridgehead atoms. The molecule has 0 spiro atoms. The van der Waals surface area contributed by atoms with Gasteiger partial charge in [-0.15, -0.1) is 11.3 Å². The van der Waals surface area contributed by atoms with Gasteiger partial charge >= 0.3 is 0 Å². The maximum Gasteiger partial charge on any atom is 0.154 e. The number of nitrogens with zero attached hydrogens (tertiary/aromatic N) is 3. The Balaban J connectivity index is 1.23. The van der Waals surface area contributed by atoms with Gasteiger partial charge in [-0.2, -0.15) is 5.10 Å². The standard InChI is InChI=1S/C21H24N4S/c1-2-4-16(5-3-1)8-10-24-11-13-25(14-12-24)21-18-6-7-19-17(9-15-26-19)20(18)22-23-21/h1-5,9,15H,6-8,10-14H2,(H,22,23). The maximum atomic E-state index is 4.71. The number of nitrogens with one attached hydrogen (secondary N) is 1. The molecule has 0 atom stereocenters. The number of hydrogen-bond donors (Lipinski definition) is 1. The molecule has 2 aliphatic rings. The third kappa shape index (κ3) is 2.95. The molecule has 0 amide bonds. The van der Waals surface area contributed by atoms with Crippen molar-refractivity contribution in [2.45, 2.75) is 19.3 Å². The van der Waals surface area contributed by atoms with E-state index in [4.69, 9.17) is 5.10 Å². The highest BCUT2D eigenvalue weighted by Crippen LogP contribution is 2.39. The SMILES string of the molecule is c1ccc(CCN2CCN(c3n[nH]c4c3CCc3sccc3-4)CC2)cc1. The van der Waals surface area contributed by atoms with Gasteiger partial charge in [0.15, 0.2) is 5.82 Å². The van der Waals surface area contributed by atoms with Crippen molar-refractivity contribution in [3.05, 3.63) is 57.8 Å².